The van der Waals surface area contributed by atoms with E-state index in [1.807, 2.05) is 12.1 Å². The van der Waals surface area contributed by atoms with Gasteiger partial charge >= 0.3 is 0 Å². The number of ether oxygens (including phenoxy) is 1. The van der Waals surface area contributed by atoms with Crippen LogP contribution in [-0.2, 0) is 22.7 Å². The first-order valence-electron chi connectivity index (χ1n) is 12.2. The van der Waals surface area contributed by atoms with Gasteiger partial charge in [0.05, 0.1) is 7.11 Å². The van der Waals surface area contributed by atoms with Crippen LogP contribution in [0.2, 0.25) is 0 Å². The molecule has 0 saturated carbocycles. The Morgan fingerprint density at radius 3 is 2.60 bits per heavy atom. The van der Waals surface area contributed by atoms with Crippen molar-refractivity contribution in [1.29, 1.82) is 0 Å². The molecule has 3 aliphatic rings. The smallest absolute Gasteiger partial charge is 0.255 e. The van der Waals surface area contributed by atoms with Crippen LogP contribution in [0.5, 0.6) is 5.75 Å². The number of methoxy groups -OCH3 is 1. The Morgan fingerprint density at radius 2 is 1.89 bits per heavy atom. The fourth-order valence-corrected chi connectivity index (χ4v) is 5.71. The van der Waals surface area contributed by atoms with Gasteiger partial charge in [0.15, 0.2) is 0 Å². The molecular formula is C27H30FN3O4. The number of nitrogens with one attached hydrogen (secondary N) is 1. The average molecular weight is 480 g/mol. The van der Waals surface area contributed by atoms with Crippen molar-refractivity contribution >= 4 is 17.7 Å². The number of likely N-dealkylation sites (tertiary alicyclic amines) is 1. The average Bonchev–Trinajstić information content (AvgIpc) is 3.16. The topological polar surface area (TPSA) is 79.0 Å². The number of fused-ring (bicyclic) bond motifs is 1. The molecule has 7 nitrogen and oxygen atoms in total. The van der Waals surface area contributed by atoms with Crippen molar-refractivity contribution in [2.75, 3.05) is 20.2 Å². The van der Waals surface area contributed by atoms with Crippen LogP contribution in [0, 0.1) is 12.7 Å². The van der Waals surface area contributed by atoms with E-state index in [1.54, 1.807) is 13.2 Å². The molecule has 3 aliphatic heterocycles. The Kier molecular flexibility index (Phi) is 6.32. The predicted octanol–water partition coefficient (Wildman–Crippen LogP) is 3.28. The van der Waals surface area contributed by atoms with Crippen molar-refractivity contribution in [3.63, 3.8) is 0 Å². The summed E-state index contributed by atoms with van der Waals surface area (Å²) < 4.78 is 20.1. The van der Waals surface area contributed by atoms with Crippen molar-refractivity contribution in [3.05, 3.63) is 64.0 Å². The molecule has 1 atom stereocenters. The van der Waals surface area contributed by atoms with Gasteiger partial charge in [-0.25, -0.2) is 4.39 Å². The summed E-state index contributed by atoms with van der Waals surface area (Å²) >= 11 is 0. The fourth-order valence-electron chi connectivity index (χ4n) is 5.71. The number of amides is 3. The minimum absolute atomic E-state index is 0.150. The normalized spacial score (nSPS) is 21.3. The Hall–Kier alpha value is -3.26. The number of rotatable bonds is 5. The van der Waals surface area contributed by atoms with Gasteiger partial charge in [-0.2, -0.15) is 0 Å². The second-order valence-electron chi connectivity index (χ2n) is 9.72. The highest BCUT2D eigenvalue weighted by molar-refractivity contribution is 6.05. The number of carbonyl (C=O) groups is 3. The number of imide groups is 1. The first-order chi connectivity index (χ1) is 16.9. The van der Waals surface area contributed by atoms with Crippen LogP contribution in [0.3, 0.4) is 0 Å². The van der Waals surface area contributed by atoms with E-state index in [4.69, 9.17) is 4.74 Å². The molecule has 3 heterocycles. The number of carbonyl (C=O) groups excluding carboxylic acids is 3. The molecule has 0 aromatic heterocycles. The third-order valence-electron chi connectivity index (χ3n) is 7.69. The molecule has 0 bridgehead atoms. The minimum Gasteiger partial charge on any atom is -0.496 e. The number of halogens is 1. The molecule has 1 unspecified atom stereocenters. The molecule has 2 aromatic rings. The Bertz CT molecular complexity index is 1190. The molecule has 2 fully saturated rings. The number of benzene rings is 2. The van der Waals surface area contributed by atoms with Crippen molar-refractivity contribution in [2.45, 2.75) is 57.7 Å². The Balaban J connectivity index is 1.31. The van der Waals surface area contributed by atoms with Crippen molar-refractivity contribution in [1.82, 2.24) is 15.1 Å². The molecule has 0 spiro atoms. The SMILES string of the molecule is COc1cccc(CN2CCC(c3cc(F)cc4c3CN(C3CCC(=O)NC3=O)C4=O)CC2)c1C. The number of nitrogens with zero attached hydrogens (tertiary/aromatic N) is 2. The summed E-state index contributed by atoms with van der Waals surface area (Å²) in [5.74, 6) is -0.494. The fraction of sp³-hybridized carbons (Fsp3) is 0.444. The van der Waals surface area contributed by atoms with E-state index in [-0.39, 0.29) is 30.7 Å². The second kappa shape index (κ2) is 9.41. The zero-order valence-electron chi connectivity index (χ0n) is 20.1. The molecule has 2 aromatic carbocycles. The summed E-state index contributed by atoms with van der Waals surface area (Å²) in [6.45, 7) is 4.93. The number of hydrogen-bond acceptors (Lipinski definition) is 5. The first kappa shape index (κ1) is 23.5. The summed E-state index contributed by atoms with van der Waals surface area (Å²) in [4.78, 5) is 40.9. The Labute approximate surface area is 204 Å². The lowest BCUT2D eigenvalue weighted by atomic mass is 9.85. The minimum atomic E-state index is -0.698. The van der Waals surface area contributed by atoms with E-state index in [9.17, 15) is 18.8 Å². The van der Waals surface area contributed by atoms with Gasteiger partial charge in [-0.15, -0.1) is 0 Å². The zero-order valence-corrected chi connectivity index (χ0v) is 20.1. The van der Waals surface area contributed by atoms with Gasteiger partial charge in [-0.3, -0.25) is 24.6 Å². The molecule has 184 valence electrons. The highest BCUT2D eigenvalue weighted by atomic mass is 19.1. The highest BCUT2D eigenvalue weighted by Crippen LogP contribution is 2.38. The van der Waals surface area contributed by atoms with E-state index in [0.29, 0.717) is 12.0 Å². The van der Waals surface area contributed by atoms with Crippen LogP contribution in [0.1, 0.15) is 64.2 Å². The first-order valence-corrected chi connectivity index (χ1v) is 12.2. The zero-order chi connectivity index (χ0) is 24.7. The quantitative estimate of drug-likeness (QED) is 0.666. The molecule has 3 amide bonds. The molecule has 5 rings (SSSR count). The van der Waals surface area contributed by atoms with E-state index < -0.39 is 17.8 Å². The van der Waals surface area contributed by atoms with Crippen LogP contribution in [0.25, 0.3) is 0 Å². The standard InChI is InChI=1S/C27H30FN3O4/c1-16-18(4-3-5-24(16)35-2)14-30-10-8-17(9-11-30)20-12-19(28)13-21-22(20)15-31(27(21)34)23-6-7-25(32)29-26(23)33/h3-5,12-13,17,23H,6-11,14-15H2,1-2H3,(H,29,32,33). The van der Waals surface area contributed by atoms with Crippen LogP contribution in [-0.4, -0.2) is 53.8 Å². The van der Waals surface area contributed by atoms with Crippen LogP contribution in [0.15, 0.2) is 30.3 Å². The van der Waals surface area contributed by atoms with Gasteiger partial charge in [0, 0.05) is 25.1 Å². The van der Waals surface area contributed by atoms with Gasteiger partial charge in [0.1, 0.15) is 17.6 Å². The summed E-state index contributed by atoms with van der Waals surface area (Å²) in [5, 5.41) is 2.32. The van der Waals surface area contributed by atoms with E-state index >= 15 is 0 Å². The van der Waals surface area contributed by atoms with Gasteiger partial charge < -0.3 is 9.64 Å². The molecule has 0 aliphatic carbocycles. The van der Waals surface area contributed by atoms with Crippen LogP contribution >= 0.6 is 0 Å². The van der Waals surface area contributed by atoms with Gasteiger partial charge in [0.25, 0.3) is 5.91 Å². The Morgan fingerprint density at radius 1 is 1.11 bits per heavy atom. The lowest BCUT2D eigenvalue weighted by Gasteiger charge is -2.33. The molecule has 2 saturated heterocycles. The predicted molar refractivity (Wildman–Crippen MR) is 127 cm³/mol. The summed E-state index contributed by atoms with van der Waals surface area (Å²) in [7, 11) is 1.68. The molecular weight excluding hydrogens is 449 g/mol. The summed E-state index contributed by atoms with van der Waals surface area (Å²) in [5.41, 5.74) is 4.43. The molecule has 1 N–H and O–H groups in total. The third-order valence-corrected chi connectivity index (χ3v) is 7.69. The third kappa shape index (κ3) is 4.43. The maximum atomic E-state index is 14.6. The lowest BCUT2D eigenvalue weighted by molar-refractivity contribution is -0.136. The molecule has 8 heteroatoms. The summed E-state index contributed by atoms with van der Waals surface area (Å²) in [6, 6.07) is 8.25. The lowest BCUT2D eigenvalue weighted by Crippen LogP contribution is -2.52. The van der Waals surface area contributed by atoms with Crippen LogP contribution in [0.4, 0.5) is 4.39 Å². The van der Waals surface area contributed by atoms with Crippen molar-refractivity contribution < 1.29 is 23.5 Å². The van der Waals surface area contributed by atoms with Gasteiger partial charge in [-0.1, -0.05) is 12.1 Å². The van der Waals surface area contributed by atoms with E-state index in [1.165, 1.54) is 16.5 Å². The van der Waals surface area contributed by atoms with Crippen molar-refractivity contribution in [2.24, 2.45) is 0 Å². The van der Waals surface area contributed by atoms with E-state index in [0.717, 1.165) is 54.9 Å². The maximum Gasteiger partial charge on any atom is 0.255 e. The summed E-state index contributed by atoms with van der Waals surface area (Å²) in [6.07, 6.45) is 2.23. The number of piperidine rings is 2. The van der Waals surface area contributed by atoms with Gasteiger partial charge in [0.2, 0.25) is 11.8 Å². The largest absolute Gasteiger partial charge is 0.496 e. The molecule has 0 radical (unpaired) electrons. The number of hydrogen-bond donors (Lipinski definition) is 1. The van der Waals surface area contributed by atoms with Crippen molar-refractivity contribution in [3.8, 4) is 5.75 Å². The van der Waals surface area contributed by atoms with Crippen LogP contribution < -0.4 is 10.1 Å². The maximum absolute atomic E-state index is 14.6. The second-order valence-corrected chi connectivity index (χ2v) is 9.72. The monoisotopic (exact) mass is 479 g/mol. The molecule has 35 heavy (non-hydrogen) atoms. The van der Waals surface area contributed by atoms with Gasteiger partial charge in [-0.05, 0) is 85.6 Å². The van der Waals surface area contributed by atoms with E-state index in [2.05, 4.69) is 23.2 Å². The highest BCUT2D eigenvalue weighted by Gasteiger charge is 2.41.